The minimum atomic E-state index is 0.557. The van der Waals surface area contributed by atoms with Crippen molar-refractivity contribution in [2.24, 2.45) is 23.6 Å². The maximum atomic E-state index is 5.85. The summed E-state index contributed by atoms with van der Waals surface area (Å²) < 4.78 is 0. The van der Waals surface area contributed by atoms with Gasteiger partial charge in [-0.05, 0) is 56.3 Å². The van der Waals surface area contributed by atoms with Crippen LogP contribution in [0.15, 0.2) is 12.7 Å². The number of unbranched alkanes of at least 4 members (excludes halogenated alkanes) is 3. The number of hydrogen-bond acceptors (Lipinski definition) is 2. The molecule has 4 atom stereocenters. The molecule has 2 rings (SSSR count). The molecule has 0 heterocycles. The van der Waals surface area contributed by atoms with E-state index < -0.39 is 0 Å². The van der Waals surface area contributed by atoms with Gasteiger partial charge in [0.15, 0.2) is 0 Å². The van der Waals surface area contributed by atoms with E-state index in [1.165, 1.54) is 70.6 Å². The number of fused-ring (bicyclic) bond motifs is 1. The van der Waals surface area contributed by atoms with Gasteiger partial charge in [-0.25, -0.2) is 0 Å². The fourth-order valence-electron chi connectivity index (χ4n) is 4.56. The Kier molecular flexibility index (Phi) is 7.09. The standard InChI is InChI=1S/C18H34N2/c1-2-3-4-5-6-11-18(20-19)17-13-12-15-9-7-8-10-16(15)14-17/h2,15-18,20H,1,3-14,19H2. The average Bonchev–Trinajstić information content (AvgIpc) is 2.50. The van der Waals surface area contributed by atoms with Crippen LogP contribution in [0.5, 0.6) is 0 Å². The molecule has 0 saturated heterocycles. The van der Waals surface area contributed by atoms with Gasteiger partial charge < -0.3 is 0 Å². The molecule has 0 aromatic carbocycles. The minimum absolute atomic E-state index is 0.557. The Bertz CT molecular complexity index is 277. The highest BCUT2D eigenvalue weighted by Crippen LogP contribution is 2.43. The molecule has 0 spiro atoms. The molecule has 0 aliphatic heterocycles. The van der Waals surface area contributed by atoms with Crippen LogP contribution in [0.3, 0.4) is 0 Å². The Hall–Kier alpha value is -0.340. The Morgan fingerprint density at radius 2 is 1.85 bits per heavy atom. The maximum absolute atomic E-state index is 5.85. The van der Waals surface area contributed by atoms with Gasteiger partial charge in [0.1, 0.15) is 0 Å². The monoisotopic (exact) mass is 278 g/mol. The summed E-state index contributed by atoms with van der Waals surface area (Å²) in [5.74, 6) is 8.74. The molecule has 2 nitrogen and oxygen atoms in total. The number of hydrazine groups is 1. The highest BCUT2D eigenvalue weighted by molar-refractivity contribution is 4.87. The van der Waals surface area contributed by atoms with E-state index >= 15 is 0 Å². The Morgan fingerprint density at radius 3 is 2.60 bits per heavy atom. The van der Waals surface area contributed by atoms with E-state index in [2.05, 4.69) is 12.0 Å². The van der Waals surface area contributed by atoms with Gasteiger partial charge in [0.05, 0.1) is 0 Å². The van der Waals surface area contributed by atoms with Crippen molar-refractivity contribution in [1.29, 1.82) is 0 Å². The lowest BCUT2D eigenvalue weighted by atomic mass is 9.66. The SMILES string of the molecule is C=CCCCCCC(NN)C1CCC2CCCCC2C1. The second kappa shape index (κ2) is 8.84. The smallest absolute Gasteiger partial charge is 0.0238 e. The summed E-state index contributed by atoms with van der Waals surface area (Å²) in [5.41, 5.74) is 3.14. The number of nitrogens with one attached hydrogen (secondary N) is 1. The van der Waals surface area contributed by atoms with E-state index in [1.54, 1.807) is 0 Å². The van der Waals surface area contributed by atoms with Crippen LogP contribution in [0.25, 0.3) is 0 Å². The van der Waals surface area contributed by atoms with Gasteiger partial charge in [0.2, 0.25) is 0 Å². The molecule has 0 radical (unpaired) electrons. The Labute approximate surface area is 125 Å². The maximum Gasteiger partial charge on any atom is 0.0238 e. The van der Waals surface area contributed by atoms with E-state index in [0.29, 0.717) is 6.04 Å². The van der Waals surface area contributed by atoms with E-state index in [4.69, 9.17) is 5.84 Å². The molecule has 0 bridgehead atoms. The van der Waals surface area contributed by atoms with Crippen molar-refractivity contribution >= 4 is 0 Å². The number of rotatable bonds is 8. The van der Waals surface area contributed by atoms with Gasteiger partial charge in [-0.2, -0.15) is 0 Å². The number of nitrogens with two attached hydrogens (primary N) is 1. The first kappa shape index (κ1) is 16.0. The van der Waals surface area contributed by atoms with Crippen LogP contribution < -0.4 is 11.3 Å². The largest absolute Gasteiger partial charge is 0.271 e. The lowest BCUT2D eigenvalue weighted by Crippen LogP contribution is -2.44. The zero-order chi connectivity index (χ0) is 14.2. The van der Waals surface area contributed by atoms with Crippen molar-refractivity contribution in [1.82, 2.24) is 5.43 Å². The first-order chi connectivity index (χ1) is 9.85. The van der Waals surface area contributed by atoms with Gasteiger partial charge >= 0.3 is 0 Å². The third-order valence-electron chi connectivity index (χ3n) is 5.79. The van der Waals surface area contributed by atoms with Gasteiger partial charge in [0.25, 0.3) is 0 Å². The highest BCUT2D eigenvalue weighted by Gasteiger charge is 2.34. The lowest BCUT2D eigenvalue weighted by molar-refractivity contribution is 0.106. The predicted molar refractivity (Wildman–Crippen MR) is 87.2 cm³/mol. The first-order valence-corrected chi connectivity index (χ1v) is 8.92. The Balaban J connectivity index is 1.71. The van der Waals surface area contributed by atoms with Crippen LogP contribution in [-0.2, 0) is 0 Å². The van der Waals surface area contributed by atoms with E-state index in [9.17, 15) is 0 Å². The zero-order valence-corrected chi connectivity index (χ0v) is 13.2. The molecule has 3 N–H and O–H groups in total. The van der Waals surface area contributed by atoms with Crippen molar-refractivity contribution in [3.8, 4) is 0 Å². The van der Waals surface area contributed by atoms with Gasteiger partial charge in [-0.15, -0.1) is 6.58 Å². The van der Waals surface area contributed by atoms with Crippen LogP contribution in [-0.4, -0.2) is 6.04 Å². The molecule has 2 aliphatic carbocycles. The quantitative estimate of drug-likeness (QED) is 0.295. The lowest BCUT2D eigenvalue weighted by Gasteiger charge is -2.42. The molecular weight excluding hydrogens is 244 g/mol. The fraction of sp³-hybridized carbons (Fsp3) is 0.889. The summed E-state index contributed by atoms with van der Waals surface area (Å²) in [6, 6.07) is 0.557. The molecule has 0 amide bonds. The van der Waals surface area contributed by atoms with Crippen LogP contribution >= 0.6 is 0 Å². The van der Waals surface area contributed by atoms with Crippen LogP contribution in [0.4, 0.5) is 0 Å². The first-order valence-electron chi connectivity index (χ1n) is 8.92. The molecule has 2 saturated carbocycles. The molecular formula is C18H34N2. The molecule has 2 fully saturated rings. The molecule has 20 heavy (non-hydrogen) atoms. The van der Waals surface area contributed by atoms with Crippen LogP contribution in [0.2, 0.25) is 0 Å². The van der Waals surface area contributed by atoms with Crippen molar-refractivity contribution in [3.63, 3.8) is 0 Å². The van der Waals surface area contributed by atoms with E-state index in [-0.39, 0.29) is 0 Å². The second-order valence-corrected chi connectivity index (χ2v) is 7.08. The summed E-state index contributed by atoms with van der Waals surface area (Å²) in [6.07, 6.45) is 18.6. The summed E-state index contributed by atoms with van der Waals surface area (Å²) in [6.45, 7) is 3.79. The summed E-state index contributed by atoms with van der Waals surface area (Å²) in [7, 11) is 0. The third-order valence-corrected chi connectivity index (χ3v) is 5.79. The van der Waals surface area contributed by atoms with Crippen LogP contribution in [0.1, 0.15) is 77.0 Å². The fourth-order valence-corrected chi connectivity index (χ4v) is 4.56. The van der Waals surface area contributed by atoms with Crippen molar-refractivity contribution in [2.45, 2.75) is 83.1 Å². The molecule has 0 aromatic rings. The normalized spacial score (nSPS) is 31.6. The molecule has 2 aliphatic rings. The molecule has 0 aromatic heterocycles. The minimum Gasteiger partial charge on any atom is -0.271 e. The second-order valence-electron chi connectivity index (χ2n) is 7.08. The van der Waals surface area contributed by atoms with Crippen molar-refractivity contribution in [2.75, 3.05) is 0 Å². The summed E-state index contributed by atoms with van der Waals surface area (Å²) in [5, 5.41) is 0. The van der Waals surface area contributed by atoms with Gasteiger partial charge in [-0.1, -0.05) is 44.6 Å². The summed E-state index contributed by atoms with van der Waals surface area (Å²) >= 11 is 0. The average molecular weight is 278 g/mol. The Morgan fingerprint density at radius 1 is 1.05 bits per heavy atom. The van der Waals surface area contributed by atoms with Crippen LogP contribution in [0, 0.1) is 17.8 Å². The number of allylic oxidation sites excluding steroid dienone is 1. The molecule has 4 unspecified atom stereocenters. The third kappa shape index (κ3) is 4.60. The topological polar surface area (TPSA) is 38.0 Å². The summed E-state index contributed by atoms with van der Waals surface area (Å²) in [4.78, 5) is 0. The number of hydrogen-bond donors (Lipinski definition) is 2. The molecule has 116 valence electrons. The van der Waals surface area contributed by atoms with Crippen molar-refractivity contribution < 1.29 is 0 Å². The van der Waals surface area contributed by atoms with E-state index in [1.807, 2.05) is 6.08 Å². The predicted octanol–water partition coefficient (Wildman–Crippen LogP) is 4.56. The molecule has 2 heteroatoms. The van der Waals surface area contributed by atoms with Gasteiger partial charge in [-0.3, -0.25) is 11.3 Å². The van der Waals surface area contributed by atoms with E-state index in [0.717, 1.165) is 24.2 Å². The van der Waals surface area contributed by atoms with Crippen molar-refractivity contribution in [3.05, 3.63) is 12.7 Å². The zero-order valence-electron chi connectivity index (χ0n) is 13.2. The highest BCUT2D eigenvalue weighted by atomic mass is 15.2. The van der Waals surface area contributed by atoms with Gasteiger partial charge in [0, 0.05) is 6.04 Å².